The summed E-state index contributed by atoms with van der Waals surface area (Å²) in [6.45, 7) is 1.57. The van der Waals surface area contributed by atoms with Crippen molar-refractivity contribution in [3.05, 3.63) is 94.8 Å². The Morgan fingerprint density at radius 3 is 2.33 bits per heavy atom. The number of hydrogen-bond donors (Lipinski definition) is 0. The van der Waals surface area contributed by atoms with Crippen LogP contribution in [-0.4, -0.2) is 35.9 Å². The lowest BCUT2D eigenvalue weighted by atomic mass is 10.2. The lowest BCUT2D eigenvalue weighted by Gasteiger charge is -2.22. The van der Waals surface area contributed by atoms with Crippen molar-refractivity contribution in [1.82, 2.24) is 15.0 Å². The number of esters is 1. The molecule has 9 nitrogen and oxygen atoms in total. The van der Waals surface area contributed by atoms with Crippen LogP contribution in [0.4, 0.5) is 5.69 Å². The molecule has 0 aliphatic carbocycles. The van der Waals surface area contributed by atoms with Gasteiger partial charge in [0.15, 0.2) is 6.73 Å². The molecule has 3 aromatic carbocycles. The Morgan fingerprint density at radius 1 is 0.970 bits per heavy atom. The quantitative estimate of drug-likeness (QED) is 0.387. The van der Waals surface area contributed by atoms with Crippen molar-refractivity contribution in [3.63, 3.8) is 0 Å². The SMILES string of the molecule is CCN(c1ccccc1)S(=O)(=O)c1ccc(C(=O)OCn2nnc3ccccc3c2=O)cc1. The third-order valence-electron chi connectivity index (χ3n) is 4.96. The van der Waals surface area contributed by atoms with E-state index in [1.165, 1.54) is 28.6 Å². The van der Waals surface area contributed by atoms with Crippen molar-refractivity contribution in [2.24, 2.45) is 0 Å². The standard InChI is InChI=1S/C23H20N4O5S/c1-2-27(18-8-4-3-5-9-18)33(30,31)19-14-12-17(13-15-19)23(29)32-16-26-22(28)20-10-6-7-11-21(20)24-25-26/h3-15H,2,16H2,1H3. The van der Waals surface area contributed by atoms with Crippen LogP contribution in [0.15, 0.2) is 88.6 Å². The second-order valence-electron chi connectivity index (χ2n) is 7.00. The Balaban J connectivity index is 1.49. The predicted octanol–water partition coefficient (Wildman–Crippen LogP) is 2.82. The molecule has 4 rings (SSSR count). The fraction of sp³-hybridized carbons (Fsp3) is 0.130. The van der Waals surface area contributed by atoms with Crippen LogP contribution in [-0.2, 0) is 21.5 Å². The van der Waals surface area contributed by atoms with E-state index in [2.05, 4.69) is 10.3 Å². The second-order valence-corrected chi connectivity index (χ2v) is 8.86. The van der Waals surface area contributed by atoms with Gasteiger partial charge in [-0.25, -0.2) is 13.2 Å². The average Bonchev–Trinajstić information content (AvgIpc) is 2.84. The number of sulfonamides is 1. The van der Waals surface area contributed by atoms with Gasteiger partial charge in [0.2, 0.25) is 0 Å². The van der Waals surface area contributed by atoms with E-state index in [0.29, 0.717) is 16.6 Å². The molecule has 4 aromatic rings. The molecule has 168 valence electrons. The smallest absolute Gasteiger partial charge is 0.339 e. The van der Waals surface area contributed by atoms with Gasteiger partial charge in [-0.2, -0.15) is 4.68 Å². The van der Waals surface area contributed by atoms with Crippen molar-refractivity contribution in [2.75, 3.05) is 10.8 Å². The lowest BCUT2D eigenvalue weighted by molar-refractivity contribution is 0.0336. The highest BCUT2D eigenvalue weighted by Gasteiger charge is 2.24. The summed E-state index contributed by atoms with van der Waals surface area (Å²) in [6.07, 6.45) is 0. The number of rotatable bonds is 7. The number of nitrogens with zero attached hydrogens (tertiary/aromatic N) is 4. The van der Waals surface area contributed by atoms with Crippen molar-refractivity contribution < 1.29 is 17.9 Å². The summed E-state index contributed by atoms with van der Waals surface area (Å²) in [5.74, 6) is -0.726. The minimum Gasteiger partial charge on any atom is -0.439 e. The first-order valence-electron chi connectivity index (χ1n) is 10.1. The maximum absolute atomic E-state index is 13.1. The van der Waals surface area contributed by atoms with Crippen molar-refractivity contribution in [1.29, 1.82) is 0 Å². The molecular formula is C23H20N4O5S. The molecule has 1 aromatic heterocycles. The zero-order valence-electron chi connectivity index (χ0n) is 17.7. The minimum absolute atomic E-state index is 0.0429. The Kier molecular flexibility index (Phi) is 6.18. The molecule has 0 spiro atoms. The molecular weight excluding hydrogens is 444 g/mol. The molecule has 0 unspecified atom stereocenters. The van der Waals surface area contributed by atoms with E-state index in [4.69, 9.17) is 4.74 Å². The topological polar surface area (TPSA) is 111 Å². The Labute approximate surface area is 189 Å². The first-order valence-corrected chi connectivity index (χ1v) is 11.5. The highest BCUT2D eigenvalue weighted by Crippen LogP contribution is 2.23. The van der Waals surface area contributed by atoms with E-state index >= 15 is 0 Å². The van der Waals surface area contributed by atoms with Crippen molar-refractivity contribution >= 4 is 32.6 Å². The highest BCUT2D eigenvalue weighted by atomic mass is 32.2. The number of para-hydroxylation sites is 1. The average molecular weight is 465 g/mol. The van der Waals surface area contributed by atoms with Crippen LogP contribution >= 0.6 is 0 Å². The molecule has 10 heteroatoms. The number of carbonyl (C=O) groups is 1. The molecule has 0 radical (unpaired) electrons. The number of carbonyl (C=O) groups excluding carboxylic acids is 1. The van der Waals surface area contributed by atoms with E-state index in [9.17, 15) is 18.0 Å². The minimum atomic E-state index is -3.81. The number of ether oxygens (including phenoxy) is 1. The molecule has 0 saturated carbocycles. The maximum atomic E-state index is 13.1. The van der Waals surface area contributed by atoms with E-state index in [1.807, 2.05) is 6.07 Å². The highest BCUT2D eigenvalue weighted by molar-refractivity contribution is 7.92. The van der Waals surface area contributed by atoms with Gasteiger partial charge < -0.3 is 4.74 Å². The zero-order valence-corrected chi connectivity index (χ0v) is 18.5. The second kappa shape index (κ2) is 9.21. The van der Waals surface area contributed by atoms with Gasteiger partial charge in [0.25, 0.3) is 15.6 Å². The Hall–Kier alpha value is -4.05. The molecule has 1 heterocycles. The molecule has 0 aliphatic heterocycles. The summed E-state index contributed by atoms with van der Waals surface area (Å²) in [6, 6.07) is 20.9. The molecule has 0 saturated heterocycles. The Morgan fingerprint density at radius 2 is 1.64 bits per heavy atom. The number of hydrogen-bond acceptors (Lipinski definition) is 7. The third kappa shape index (κ3) is 4.46. The van der Waals surface area contributed by atoms with Crippen LogP contribution in [0.2, 0.25) is 0 Å². The molecule has 0 amide bonds. The van der Waals surface area contributed by atoms with Crippen LogP contribution in [0.5, 0.6) is 0 Å². The summed E-state index contributed by atoms with van der Waals surface area (Å²) in [7, 11) is -3.81. The lowest BCUT2D eigenvalue weighted by Crippen LogP contribution is -2.30. The van der Waals surface area contributed by atoms with Crippen molar-refractivity contribution in [3.8, 4) is 0 Å². The number of anilines is 1. The van der Waals surface area contributed by atoms with E-state index in [1.54, 1.807) is 55.5 Å². The number of benzene rings is 3. The van der Waals surface area contributed by atoms with Crippen molar-refractivity contribution in [2.45, 2.75) is 18.6 Å². The first-order chi connectivity index (χ1) is 15.9. The summed E-state index contributed by atoms with van der Waals surface area (Å²) in [5, 5.41) is 8.06. The zero-order chi connectivity index (χ0) is 23.4. The molecule has 0 bridgehead atoms. The van der Waals surface area contributed by atoms with Crippen LogP contribution in [0.1, 0.15) is 17.3 Å². The van der Waals surface area contributed by atoms with Crippen LogP contribution in [0.25, 0.3) is 10.9 Å². The van der Waals surface area contributed by atoms with E-state index in [0.717, 1.165) is 4.68 Å². The van der Waals surface area contributed by atoms with Crippen LogP contribution < -0.4 is 9.86 Å². The molecule has 0 aliphatic rings. The van der Waals surface area contributed by atoms with Gasteiger partial charge in [0.1, 0.15) is 5.52 Å². The van der Waals surface area contributed by atoms with Crippen LogP contribution in [0, 0.1) is 0 Å². The summed E-state index contributed by atoms with van der Waals surface area (Å²) in [5.41, 5.74) is 0.692. The fourth-order valence-corrected chi connectivity index (χ4v) is 4.76. The van der Waals surface area contributed by atoms with Gasteiger partial charge in [-0.15, -0.1) is 5.10 Å². The molecule has 33 heavy (non-hydrogen) atoms. The number of fused-ring (bicyclic) bond motifs is 1. The van der Waals surface area contributed by atoms with Gasteiger partial charge in [-0.3, -0.25) is 9.10 Å². The first kappa shape index (κ1) is 22.2. The van der Waals surface area contributed by atoms with Gasteiger partial charge in [-0.05, 0) is 55.5 Å². The molecule has 0 fully saturated rings. The van der Waals surface area contributed by atoms with Gasteiger partial charge in [-0.1, -0.05) is 35.5 Å². The monoisotopic (exact) mass is 464 g/mol. The van der Waals surface area contributed by atoms with Gasteiger partial charge >= 0.3 is 5.97 Å². The summed E-state index contributed by atoms with van der Waals surface area (Å²) >= 11 is 0. The number of aromatic nitrogens is 3. The normalized spacial score (nSPS) is 11.3. The van der Waals surface area contributed by atoms with E-state index in [-0.39, 0.29) is 17.0 Å². The molecule has 0 N–H and O–H groups in total. The maximum Gasteiger partial charge on any atom is 0.339 e. The fourth-order valence-electron chi connectivity index (χ4n) is 3.29. The van der Waals surface area contributed by atoms with Crippen LogP contribution in [0.3, 0.4) is 0 Å². The summed E-state index contributed by atoms with van der Waals surface area (Å²) < 4.78 is 33.5. The van der Waals surface area contributed by atoms with Gasteiger partial charge in [0.05, 0.1) is 21.5 Å². The molecule has 0 atom stereocenters. The van der Waals surface area contributed by atoms with E-state index < -0.39 is 28.3 Å². The predicted molar refractivity (Wildman–Crippen MR) is 122 cm³/mol. The van der Waals surface area contributed by atoms with Gasteiger partial charge in [0, 0.05) is 6.54 Å². The largest absolute Gasteiger partial charge is 0.439 e. The third-order valence-corrected chi connectivity index (χ3v) is 6.87. The summed E-state index contributed by atoms with van der Waals surface area (Å²) in [4.78, 5) is 24.9. The Bertz CT molecular complexity index is 1450.